The van der Waals surface area contributed by atoms with E-state index in [1.165, 1.54) is 4.90 Å². The fourth-order valence-corrected chi connectivity index (χ4v) is 16.1. The Morgan fingerprint density at radius 2 is 1.01 bits per heavy atom. The summed E-state index contributed by atoms with van der Waals surface area (Å²) in [6.45, 7) is 7.98. The van der Waals surface area contributed by atoms with Crippen molar-refractivity contribution in [3.63, 3.8) is 0 Å². The van der Waals surface area contributed by atoms with Gasteiger partial charge in [0.05, 0.1) is 61.7 Å². The molecule has 0 aromatic heterocycles. The van der Waals surface area contributed by atoms with E-state index in [4.69, 9.17) is 53.1 Å². The number of phenolic OH excluding ortho intramolecular Hbond substituents is 2. The first-order valence-electron chi connectivity index (χ1n) is 28.9. The number of amides is 2. The summed E-state index contributed by atoms with van der Waals surface area (Å²) in [6.07, 6.45) is 2.10. The normalized spacial score (nSPS) is 25.8. The van der Waals surface area contributed by atoms with Crippen molar-refractivity contribution in [3.05, 3.63) is 114 Å². The number of hydrogen-bond acceptors (Lipinski definition) is 21. The molecule has 2 saturated heterocycles. The lowest BCUT2D eigenvalue weighted by molar-refractivity contribution is -0.0766. The number of benzene rings is 5. The molecule has 22 heteroatoms. The number of nitrogens with zero attached hydrogens (tertiary/aromatic N) is 7. The average molecular weight is 1190 g/mol. The van der Waals surface area contributed by atoms with Gasteiger partial charge in [0.25, 0.3) is 11.8 Å². The van der Waals surface area contributed by atoms with Crippen molar-refractivity contribution in [2.24, 2.45) is 5.73 Å². The molecule has 9 aliphatic heterocycles. The third-order valence-corrected chi connectivity index (χ3v) is 19.6. The molecule has 22 nitrogen and oxygen atoms in total. The third kappa shape index (κ3) is 8.58. The lowest BCUT2D eigenvalue weighted by atomic mass is 9.71. The monoisotopic (exact) mass is 1190 g/mol. The molecule has 2 amide bonds. The molecule has 458 valence electrons. The first-order valence-corrected chi connectivity index (χ1v) is 28.9. The number of aryl methyl sites for hydroxylation is 2. The number of likely N-dealkylation sites (N-methyl/N-ethyl adjacent to an activating group) is 2. The van der Waals surface area contributed by atoms with E-state index in [0.717, 1.165) is 44.5 Å². The summed E-state index contributed by atoms with van der Waals surface area (Å²) in [5, 5.41) is 44.6. The number of rotatable bonds is 11. The van der Waals surface area contributed by atoms with Gasteiger partial charge >= 0.3 is 0 Å². The minimum atomic E-state index is -0.691. The van der Waals surface area contributed by atoms with Crippen LogP contribution >= 0.6 is 0 Å². The first kappa shape index (κ1) is 59.3. The molecule has 87 heavy (non-hydrogen) atoms. The van der Waals surface area contributed by atoms with E-state index in [9.17, 15) is 30.3 Å². The quantitative estimate of drug-likeness (QED) is 0.0898. The molecule has 5 aromatic rings. The predicted octanol–water partition coefficient (Wildman–Crippen LogP) is 6.89. The largest absolute Gasteiger partial charge is 0.507 e. The summed E-state index contributed by atoms with van der Waals surface area (Å²) < 4.78 is 58.3. The van der Waals surface area contributed by atoms with Crippen molar-refractivity contribution in [3.8, 4) is 69.6 Å². The molecule has 4 bridgehead atoms. The van der Waals surface area contributed by atoms with Gasteiger partial charge in [0, 0.05) is 96.0 Å². The predicted molar refractivity (Wildman–Crippen MR) is 315 cm³/mol. The second-order valence-electron chi connectivity index (χ2n) is 23.6. The number of methoxy groups -OCH3 is 4. The van der Waals surface area contributed by atoms with E-state index in [2.05, 4.69) is 50.9 Å². The van der Waals surface area contributed by atoms with Crippen molar-refractivity contribution >= 4 is 11.8 Å². The summed E-state index contributed by atoms with van der Waals surface area (Å²) in [4.78, 5) is 37.7. The molecule has 0 radical (unpaired) electrons. The summed E-state index contributed by atoms with van der Waals surface area (Å²) in [6, 6.07) is 12.9. The van der Waals surface area contributed by atoms with E-state index in [1.807, 2.05) is 27.8 Å². The average Bonchev–Trinajstić information content (AvgIpc) is 2.00. The molecule has 5 aromatic carbocycles. The van der Waals surface area contributed by atoms with E-state index in [-0.39, 0.29) is 101 Å². The molecular formula is C65H74N8O14. The highest BCUT2D eigenvalue weighted by Crippen LogP contribution is 2.61. The third-order valence-electron chi connectivity index (χ3n) is 19.6. The Balaban J connectivity index is 0.000000172. The second-order valence-corrected chi connectivity index (χ2v) is 23.6. The van der Waals surface area contributed by atoms with Crippen molar-refractivity contribution in [2.45, 2.75) is 121 Å². The number of fused-ring (bicyclic) bond motifs is 19. The number of carbonyl (C=O) groups is 2. The van der Waals surface area contributed by atoms with Crippen LogP contribution < -0.4 is 43.6 Å². The van der Waals surface area contributed by atoms with Gasteiger partial charge in [-0.25, -0.2) is 0 Å². The minimum absolute atomic E-state index is 0. The highest BCUT2D eigenvalue weighted by atomic mass is 16.7. The van der Waals surface area contributed by atoms with Crippen LogP contribution in [-0.2, 0) is 35.2 Å². The van der Waals surface area contributed by atoms with E-state index < -0.39 is 29.9 Å². The van der Waals surface area contributed by atoms with Gasteiger partial charge in [-0.2, -0.15) is 10.5 Å². The number of nitrogens with two attached hydrogens (primary N) is 1. The van der Waals surface area contributed by atoms with E-state index >= 15 is 0 Å². The zero-order chi connectivity index (χ0) is 60.5. The highest BCUT2D eigenvalue weighted by molar-refractivity contribution is 6.21. The number of aromatic hydroxyl groups is 2. The molecule has 0 saturated carbocycles. The van der Waals surface area contributed by atoms with Crippen molar-refractivity contribution in [1.82, 2.24) is 24.5 Å². The number of hydrogen-bond donors (Lipinski definition) is 3. The van der Waals surface area contributed by atoms with E-state index in [1.54, 1.807) is 59.6 Å². The molecule has 9 aliphatic rings. The van der Waals surface area contributed by atoms with Crippen LogP contribution in [0.15, 0.2) is 36.4 Å². The topological polar surface area (TPSA) is 257 Å². The van der Waals surface area contributed by atoms with Crippen LogP contribution in [0.3, 0.4) is 0 Å². The summed E-state index contributed by atoms with van der Waals surface area (Å²) in [5.74, 6) is 4.10. The maximum atomic E-state index is 13.8. The molecule has 0 aliphatic carbocycles. The molecular weight excluding hydrogens is 1120 g/mol. The van der Waals surface area contributed by atoms with Crippen LogP contribution in [0, 0.1) is 50.4 Å². The van der Waals surface area contributed by atoms with Crippen LogP contribution in [0.25, 0.3) is 0 Å². The molecule has 10 atom stereocenters. The molecule has 4 N–H and O–H groups in total. The molecule has 14 rings (SSSR count). The Morgan fingerprint density at radius 1 is 0.598 bits per heavy atom. The number of nitriles is 2. The van der Waals surface area contributed by atoms with Gasteiger partial charge in [0.2, 0.25) is 13.6 Å². The van der Waals surface area contributed by atoms with Crippen LogP contribution in [0.4, 0.5) is 0 Å². The van der Waals surface area contributed by atoms with Crippen LogP contribution in [-0.4, -0.2) is 166 Å². The Bertz CT molecular complexity index is 3720. The smallest absolute Gasteiger partial charge is 0.261 e. The van der Waals surface area contributed by atoms with Gasteiger partial charge in [-0.05, 0) is 102 Å². The number of carbonyl (C=O) groups excluding carboxylic acids is 2. The maximum absolute atomic E-state index is 13.8. The Kier molecular flexibility index (Phi) is 15.4. The summed E-state index contributed by atoms with van der Waals surface area (Å²) in [7, 11) is 10.5. The molecule has 2 fully saturated rings. The van der Waals surface area contributed by atoms with Gasteiger partial charge < -0.3 is 63.3 Å². The standard InChI is InChI=1S/C36H36N4O8.C28H34N4O6.CH4/c1-17-10-19-11-23-25(13-37)40-24(29(38(23)3)27(19)33(31(17)45-5)46-15-44-4)12-22-28(34-32(47-16-48-34)18(2)30(22)41)26(40)14-39-35(42)20-8-6-7-9-21(20)36(39)43;1-13-6-15-7-17-19(9-29)32-18(23(31(17)3)21(15)27(25(13)35-5)36-11-34-4)8-16-22(20(32)10-30)28-26(37-12-38-28)14(2)24(16)33;/h6-10,23-26,29,41H,11-12,14-16H2,1-5H3;6,17-20,23,33H,7-8,10-12,30H2,1-5H3;1H4/t23-,24-,25-,26-,29-;17-,18-,19-,20-,23-;/m00./s1. The van der Waals surface area contributed by atoms with Gasteiger partial charge in [-0.15, -0.1) is 0 Å². The summed E-state index contributed by atoms with van der Waals surface area (Å²) in [5.41, 5.74) is 17.3. The molecule has 0 unspecified atom stereocenters. The van der Waals surface area contributed by atoms with Gasteiger partial charge in [-0.1, -0.05) is 31.7 Å². The SMILES string of the molecule is C.COCOc1c(OC)c(C)cc2c1[C@@H]1[C@@H]3Cc4c(O)c(C)c5c(c4[C@H](CN)N3[C@@H](C#N)[C@H](C2)N1C)OCO5.COCOc1c(OC)c(C)cc2c1[C@@H]1[C@@H]3Cc4c(O)c(C)c5c(c4[C@H](CN4C(=O)c6ccccc6C4=O)N3[C@@H](C#N)[C@H](C2)N1C)OCO5. The Morgan fingerprint density at radius 3 is 1.41 bits per heavy atom. The van der Waals surface area contributed by atoms with E-state index in [0.29, 0.717) is 105 Å². The lowest BCUT2D eigenvalue weighted by Gasteiger charge is -2.60. The molecule has 0 spiro atoms. The Hall–Kier alpha value is -8.06. The van der Waals surface area contributed by atoms with Crippen molar-refractivity contribution < 1.29 is 67.2 Å². The minimum Gasteiger partial charge on any atom is -0.507 e. The van der Waals surface area contributed by atoms with Crippen LogP contribution in [0.1, 0.15) is 119 Å². The lowest BCUT2D eigenvalue weighted by Crippen LogP contribution is -2.69. The van der Waals surface area contributed by atoms with Crippen molar-refractivity contribution in [1.29, 1.82) is 10.5 Å². The van der Waals surface area contributed by atoms with Crippen LogP contribution in [0.5, 0.6) is 57.5 Å². The zero-order valence-electron chi connectivity index (χ0n) is 49.8. The number of phenols is 2. The van der Waals surface area contributed by atoms with Crippen molar-refractivity contribution in [2.75, 3.05) is 82.8 Å². The highest BCUT2D eigenvalue weighted by Gasteiger charge is 2.59. The van der Waals surface area contributed by atoms with Gasteiger partial charge in [0.1, 0.15) is 23.6 Å². The molecule has 9 heterocycles. The van der Waals surface area contributed by atoms with Crippen LogP contribution in [0.2, 0.25) is 0 Å². The Labute approximate surface area is 505 Å². The maximum Gasteiger partial charge on any atom is 0.261 e. The summed E-state index contributed by atoms with van der Waals surface area (Å²) >= 11 is 0. The number of imide groups is 1. The fourth-order valence-electron chi connectivity index (χ4n) is 16.1. The first-order chi connectivity index (χ1) is 41.6. The zero-order valence-corrected chi connectivity index (χ0v) is 49.8. The van der Waals surface area contributed by atoms with Gasteiger partial charge in [-0.3, -0.25) is 34.1 Å². The number of piperazine rings is 2. The van der Waals surface area contributed by atoms with Gasteiger partial charge in [0.15, 0.2) is 59.6 Å². The fraction of sp³-hybridized carbons (Fsp3) is 0.477. The second kappa shape index (κ2) is 22.6. The number of ether oxygens (including phenoxy) is 10.